The summed E-state index contributed by atoms with van der Waals surface area (Å²) >= 11 is 2.03. The highest BCUT2D eigenvalue weighted by Gasteiger charge is 2.26. The maximum absolute atomic E-state index is 6.15. The highest BCUT2D eigenvalue weighted by Crippen LogP contribution is 2.38. The Balaban J connectivity index is 1.36. The molecule has 0 spiro atoms. The number of ether oxygens (including phenoxy) is 1. The monoisotopic (exact) mass is 485 g/mol. The van der Waals surface area contributed by atoms with Crippen molar-refractivity contribution in [3.63, 3.8) is 0 Å². The first-order valence-corrected chi connectivity index (χ1v) is 13.3. The van der Waals surface area contributed by atoms with Crippen LogP contribution >= 0.6 is 11.8 Å². The number of fused-ring (bicyclic) bond motifs is 1. The van der Waals surface area contributed by atoms with Gasteiger partial charge in [-0.05, 0) is 59.6 Å². The molecule has 4 heterocycles. The number of hydrogen-bond donors (Lipinski definition) is 1. The summed E-state index contributed by atoms with van der Waals surface area (Å²) in [6, 6.07) is 10.3. The molecule has 1 N–H and O–H groups in total. The summed E-state index contributed by atoms with van der Waals surface area (Å²) in [5.74, 6) is 4.33. The minimum atomic E-state index is 0.441. The van der Waals surface area contributed by atoms with Gasteiger partial charge in [0.1, 0.15) is 6.61 Å². The van der Waals surface area contributed by atoms with Crippen molar-refractivity contribution in [2.24, 2.45) is 0 Å². The Morgan fingerprint density at radius 2 is 1.91 bits per heavy atom. The van der Waals surface area contributed by atoms with Gasteiger partial charge in [0.05, 0.1) is 23.2 Å². The lowest BCUT2D eigenvalue weighted by Gasteiger charge is -2.25. The van der Waals surface area contributed by atoms with Crippen molar-refractivity contribution in [1.82, 2.24) is 35.2 Å². The average molecular weight is 486 g/mol. The second-order valence-corrected chi connectivity index (χ2v) is 10.2. The van der Waals surface area contributed by atoms with Gasteiger partial charge in [-0.2, -0.15) is 22.1 Å². The van der Waals surface area contributed by atoms with Crippen LogP contribution in [0.2, 0.25) is 0 Å². The van der Waals surface area contributed by atoms with Crippen LogP contribution < -0.4 is 0 Å². The molecule has 8 nitrogen and oxygen atoms in total. The summed E-state index contributed by atoms with van der Waals surface area (Å²) in [6.45, 7) is 0.598. The molecule has 2 aliphatic rings. The van der Waals surface area contributed by atoms with Crippen LogP contribution in [0.4, 0.5) is 0 Å². The Labute approximate surface area is 207 Å². The summed E-state index contributed by atoms with van der Waals surface area (Å²) in [4.78, 5) is 4.83. The SMILES string of the molecule is C1=C(OCc2ccccc2)CCCC(c2cnc3c(-c4nn[nH]n4)cnn3c2C2CCSCC2)=C1. The zero-order valence-electron chi connectivity index (χ0n) is 19.4. The van der Waals surface area contributed by atoms with Crippen molar-refractivity contribution < 1.29 is 4.74 Å². The number of hydrogen-bond acceptors (Lipinski definition) is 7. The van der Waals surface area contributed by atoms with Gasteiger partial charge in [0.15, 0.2) is 5.65 Å². The first-order chi connectivity index (χ1) is 17.4. The van der Waals surface area contributed by atoms with Gasteiger partial charge in [-0.15, -0.1) is 10.2 Å². The molecule has 0 unspecified atom stereocenters. The van der Waals surface area contributed by atoms with Crippen LogP contribution in [0, 0.1) is 0 Å². The summed E-state index contributed by atoms with van der Waals surface area (Å²) < 4.78 is 8.17. The van der Waals surface area contributed by atoms with Crippen LogP contribution in [-0.2, 0) is 11.3 Å². The van der Waals surface area contributed by atoms with E-state index in [0.717, 1.165) is 49.1 Å². The van der Waals surface area contributed by atoms with Crippen LogP contribution in [0.1, 0.15) is 54.8 Å². The maximum atomic E-state index is 6.15. The van der Waals surface area contributed by atoms with E-state index in [9.17, 15) is 0 Å². The van der Waals surface area contributed by atoms with Crippen molar-refractivity contribution in [2.75, 3.05) is 11.5 Å². The zero-order chi connectivity index (χ0) is 23.5. The molecule has 0 saturated carbocycles. The molecule has 0 atom stereocenters. The third-order valence-electron chi connectivity index (χ3n) is 6.71. The van der Waals surface area contributed by atoms with Gasteiger partial charge >= 0.3 is 0 Å². The van der Waals surface area contributed by atoms with Crippen molar-refractivity contribution in [2.45, 2.75) is 44.6 Å². The number of nitrogens with zero attached hydrogens (tertiary/aromatic N) is 6. The topological polar surface area (TPSA) is 93.9 Å². The van der Waals surface area contributed by atoms with Crippen molar-refractivity contribution in [1.29, 1.82) is 0 Å². The molecule has 35 heavy (non-hydrogen) atoms. The summed E-state index contributed by atoms with van der Waals surface area (Å²) in [5, 5.41) is 19.3. The van der Waals surface area contributed by atoms with Crippen molar-refractivity contribution >= 4 is 23.0 Å². The number of H-pyrrole nitrogens is 1. The van der Waals surface area contributed by atoms with Gasteiger partial charge in [0.2, 0.25) is 5.82 Å². The third-order valence-corrected chi connectivity index (χ3v) is 7.76. The lowest BCUT2D eigenvalue weighted by molar-refractivity contribution is 0.188. The molecule has 3 aromatic heterocycles. The first-order valence-electron chi connectivity index (χ1n) is 12.1. The van der Waals surface area contributed by atoms with Crippen LogP contribution in [0.5, 0.6) is 0 Å². The van der Waals surface area contributed by atoms with E-state index in [-0.39, 0.29) is 0 Å². The third kappa shape index (κ3) is 4.60. The summed E-state index contributed by atoms with van der Waals surface area (Å²) in [6.07, 6.45) is 13.4. The van der Waals surface area contributed by atoms with Gasteiger partial charge < -0.3 is 4.74 Å². The smallest absolute Gasteiger partial charge is 0.210 e. The van der Waals surface area contributed by atoms with E-state index in [0.29, 0.717) is 18.3 Å². The minimum Gasteiger partial charge on any atom is -0.493 e. The standard InChI is InChI=1S/C26H27N7OS/c1-2-5-18(6-3-1)17-34-21-8-4-7-19(9-10-21)22-15-27-26-23(25-29-31-32-30-25)16-28-33(26)24(22)20-11-13-35-14-12-20/h1-3,5-6,9-10,15-16,20H,4,7-8,11-14,17H2,(H,29,30,31,32). The van der Waals surface area contributed by atoms with E-state index >= 15 is 0 Å². The fourth-order valence-corrected chi connectivity index (χ4v) is 6.01. The molecule has 1 saturated heterocycles. The number of allylic oxidation sites excluding steroid dienone is 4. The van der Waals surface area contributed by atoms with Crippen LogP contribution in [0.15, 0.2) is 60.6 Å². The molecule has 0 radical (unpaired) electrons. The van der Waals surface area contributed by atoms with Gasteiger partial charge in [-0.3, -0.25) is 0 Å². The summed E-state index contributed by atoms with van der Waals surface area (Å²) in [5.41, 5.74) is 6.49. The van der Waals surface area contributed by atoms with Gasteiger partial charge in [-0.1, -0.05) is 36.4 Å². The number of rotatable bonds is 6. The molecule has 0 amide bonds. The fraction of sp³-hybridized carbons (Fsp3) is 0.346. The molecule has 178 valence electrons. The number of nitrogens with one attached hydrogen (secondary N) is 1. The van der Waals surface area contributed by atoms with E-state index < -0.39 is 0 Å². The Morgan fingerprint density at radius 1 is 1.03 bits per heavy atom. The molecule has 9 heteroatoms. The molecular formula is C26H27N7OS. The Morgan fingerprint density at radius 3 is 2.74 bits per heavy atom. The van der Waals surface area contributed by atoms with Crippen molar-refractivity contribution in [3.05, 3.63) is 77.5 Å². The predicted octanol–water partition coefficient (Wildman–Crippen LogP) is 5.19. The second kappa shape index (κ2) is 10.0. The molecule has 1 fully saturated rings. The zero-order valence-corrected chi connectivity index (χ0v) is 20.2. The van der Waals surface area contributed by atoms with E-state index in [1.165, 1.54) is 33.9 Å². The quantitative estimate of drug-likeness (QED) is 0.402. The van der Waals surface area contributed by atoms with Gasteiger partial charge in [-0.25, -0.2) is 9.50 Å². The Kier molecular flexibility index (Phi) is 6.32. The molecule has 1 aliphatic heterocycles. The molecule has 4 aromatic rings. The predicted molar refractivity (Wildman–Crippen MR) is 137 cm³/mol. The van der Waals surface area contributed by atoms with E-state index in [1.807, 2.05) is 40.7 Å². The first kappa shape index (κ1) is 22.0. The Bertz CT molecular complexity index is 1360. The fourth-order valence-electron chi connectivity index (χ4n) is 4.90. The average Bonchev–Trinajstić information content (AvgIpc) is 3.53. The lowest BCUT2D eigenvalue weighted by atomic mass is 9.90. The lowest BCUT2D eigenvalue weighted by Crippen LogP contribution is -2.15. The molecule has 1 aliphatic carbocycles. The maximum Gasteiger partial charge on any atom is 0.210 e. The van der Waals surface area contributed by atoms with E-state index in [1.54, 1.807) is 6.20 Å². The Hall–Kier alpha value is -3.46. The largest absolute Gasteiger partial charge is 0.493 e. The number of aromatic amines is 1. The highest BCUT2D eigenvalue weighted by molar-refractivity contribution is 7.99. The van der Waals surface area contributed by atoms with Gasteiger partial charge in [0, 0.05) is 24.1 Å². The highest BCUT2D eigenvalue weighted by atomic mass is 32.2. The van der Waals surface area contributed by atoms with Crippen molar-refractivity contribution in [3.8, 4) is 11.4 Å². The normalized spacial score (nSPS) is 17.1. The number of aromatic nitrogens is 7. The van der Waals surface area contributed by atoms with E-state index in [2.05, 4.69) is 44.9 Å². The molecule has 0 bridgehead atoms. The van der Waals surface area contributed by atoms with Crippen LogP contribution in [0.25, 0.3) is 22.6 Å². The minimum absolute atomic E-state index is 0.441. The number of tetrazole rings is 1. The van der Waals surface area contributed by atoms with Crippen LogP contribution in [0.3, 0.4) is 0 Å². The summed E-state index contributed by atoms with van der Waals surface area (Å²) in [7, 11) is 0. The van der Waals surface area contributed by atoms with E-state index in [4.69, 9.17) is 14.8 Å². The van der Waals surface area contributed by atoms with Crippen LogP contribution in [-0.4, -0.2) is 46.7 Å². The second-order valence-electron chi connectivity index (χ2n) is 8.93. The van der Waals surface area contributed by atoms with Gasteiger partial charge in [0.25, 0.3) is 0 Å². The molecule has 1 aromatic carbocycles. The number of thioether (sulfide) groups is 1. The molecule has 6 rings (SSSR count). The molecular weight excluding hydrogens is 458 g/mol. The number of benzene rings is 1.